The van der Waals surface area contributed by atoms with E-state index >= 15 is 0 Å². The number of ether oxygens (including phenoxy) is 2. The second-order valence-corrected chi connectivity index (χ2v) is 7.98. The first-order valence-electron chi connectivity index (χ1n) is 9.74. The Morgan fingerprint density at radius 3 is 2.70 bits per heavy atom. The van der Waals surface area contributed by atoms with Crippen molar-refractivity contribution in [2.75, 3.05) is 26.3 Å². The lowest BCUT2D eigenvalue weighted by Gasteiger charge is -2.32. The molecule has 8 heteroatoms. The number of amides is 1. The monoisotopic (exact) mass is 435 g/mol. The van der Waals surface area contributed by atoms with Gasteiger partial charge >= 0.3 is 0 Å². The van der Waals surface area contributed by atoms with E-state index in [9.17, 15) is 18.4 Å². The third-order valence-electron chi connectivity index (χ3n) is 5.40. The molecule has 0 aliphatic carbocycles. The Kier molecular flexibility index (Phi) is 5.90. The average molecular weight is 436 g/mol. The summed E-state index contributed by atoms with van der Waals surface area (Å²) in [6.07, 6.45) is 1.51. The van der Waals surface area contributed by atoms with Crippen molar-refractivity contribution < 1.29 is 27.8 Å². The number of ketones is 1. The zero-order valence-corrected chi connectivity index (χ0v) is 16.9. The van der Waals surface area contributed by atoms with Gasteiger partial charge in [-0.05, 0) is 49.1 Å². The predicted molar refractivity (Wildman–Crippen MR) is 106 cm³/mol. The fourth-order valence-electron chi connectivity index (χ4n) is 3.77. The Hall–Kier alpha value is -2.67. The molecule has 2 aromatic carbocycles. The highest BCUT2D eigenvalue weighted by atomic mass is 35.5. The van der Waals surface area contributed by atoms with E-state index in [4.69, 9.17) is 21.1 Å². The van der Waals surface area contributed by atoms with Gasteiger partial charge < -0.3 is 14.4 Å². The van der Waals surface area contributed by atoms with Crippen molar-refractivity contribution in [3.63, 3.8) is 0 Å². The topological polar surface area (TPSA) is 55.8 Å². The second-order valence-electron chi connectivity index (χ2n) is 7.57. The molecule has 1 saturated heterocycles. The number of halogens is 3. The first kappa shape index (κ1) is 20.6. The fourth-order valence-corrected chi connectivity index (χ4v) is 3.99. The van der Waals surface area contributed by atoms with E-state index in [-0.39, 0.29) is 47.0 Å². The van der Waals surface area contributed by atoms with Crippen LogP contribution in [0.4, 0.5) is 8.78 Å². The van der Waals surface area contributed by atoms with Crippen LogP contribution in [0.1, 0.15) is 28.8 Å². The van der Waals surface area contributed by atoms with Crippen molar-refractivity contribution in [3.8, 4) is 11.5 Å². The van der Waals surface area contributed by atoms with Crippen LogP contribution in [0, 0.1) is 17.6 Å². The number of fused-ring (bicyclic) bond motifs is 1. The summed E-state index contributed by atoms with van der Waals surface area (Å²) in [5, 5.41) is 0.222. The van der Waals surface area contributed by atoms with Crippen molar-refractivity contribution >= 4 is 23.3 Å². The minimum atomic E-state index is -0.622. The predicted octanol–water partition coefficient (Wildman–Crippen LogP) is 4.05. The van der Waals surface area contributed by atoms with Crippen LogP contribution in [0.2, 0.25) is 5.02 Å². The minimum Gasteiger partial charge on any atom is -0.492 e. The van der Waals surface area contributed by atoms with Gasteiger partial charge in [0.25, 0.3) is 5.91 Å². The molecular formula is C22H20ClF2NO4. The molecule has 2 heterocycles. The lowest BCUT2D eigenvalue weighted by Crippen LogP contribution is -2.39. The van der Waals surface area contributed by atoms with E-state index < -0.39 is 11.6 Å². The molecule has 1 fully saturated rings. The Labute approximate surface area is 177 Å². The molecule has 0 aromatic heterocycles. The first-order chi connectivity index (χ1) is 14.4. The normalized spacial score (nSPS) is 16.8. The molecule has 0 spiro atoms. The second kappa shape index (κ2) is 8.60. The molecule has 1 amide bonds. The third-order valence-corrected chi connectivity index (χ3v) is 5.70. The number of rotatable bonds is 4. The van der Waals surface area contributed by atoms with Gasteiger partial charge in [0.1, 0.15) is 18.2 Å². The molecule has 4 rings (SSSR count). The zero-order chi connectivity index (χ0) is 21.3. The molecule has 5 nitrogen and oxygen atoms in total. The summed E-state index contributed by atoms with van der Waals surface area (Å²) in [6, 6.07) is 6.70. The molecule has 0 atom stereocenters. The van der Waals surface area contributed by atoms with Crippen molar-refractivity contribution in [3.05, 3.63) is 58.1 Å². The molecule has 158 valence electrons. The Balaban J connectivity index is 1.35. The largest absolute Gasteiger partial charge is 0.492 e. The third kappa shape index (κ3) is 4.41. The molecule has 2 aliphatic rings. The Morgan fingerprint density at radius 2 is 1.97 bits per heavy atom. The molecule has 0 bridgehead atoms. The molecule has 0 unspecified atom stereocenters. The molecular weight excluding hydrogens is 416 g/mol. The molecule has 30 heavy (non-hydrogen) atoms. The maximum absolute atomic E-state index is 14.3. The number of hydrogen-bond donors (Lipinski definition) is 0. The van der Waals surface area contributed by atoms with Crippen LogP contribution in [0.5, 0.6) is 11.5 Å². The van der Waals surface area contributed by atoms with E-state index in [0.29, 0.717) is 31.0 Å². The standard InChI is InChI=1S/C22H20ClF2NO4/c23-18-10-16(24)1-2-20(18)29-11-13-3-5-26(6-4-13)22(28)15-7-14-8-17(27)12-30-21(14)19(25)9-15/h1-2,7,9-10,13H,3-6,8,11-12H2. The van der Waals surface area contributed by atoms with Crippen LogP contribution in [-0.2, 0) is 11.2 Å². The van der Waals surface area contributed by atoms with Gasteiger partial charge in [-0.3, -0.25) is 9.59 Å². The van der Waals surface area contributed by atoms with Crippen LogP contribution in [-0.4, -0.2) is 42.9 Å². The molecule has 0 saturated carbocycles. The average Bonchev–Trinajstić information content (AvgIpc) is 2.72. The number of carbonyl (C=O) groups is 2. The molecule has 2 aromatic rings. The summed E-state index contributed by atoms with van der Waals surface area (Å²) in [7, 11) is 0. The number of Topliss-reactive ketones (excluding diaryl/α,β-unsaturated/α-hetero) is 1. The van der Waals surface area contributed by atoms with Gasteiger partial charge in [0.05, 0.1) is 11.6 Å². The maximum Gasteiger partial charge on any atom is 0.253 e. The van der Waals surface area contributed by atoms with Crippen LogP contribution in [0.3, 0.4) is 0 Å². The quantitative estimate of drug-likeness (QED) is 0.727. The van der Waals surface area contributed by atoms with Crippen molar-refractivity contribution in [1.82, 2.24) is 4.90 Å². The highest BCUT2D eigenvalue weighted by molar-refractivity contribution is 6.32. The van der Waals surface area contributed by atoms with Crippen molar-refractivity contribution in [1.29, 1.82) is 0 Å². The van der Waals surface area contributed by atoms with E-state index in [1.54, 1.807) is 11.0 Å². The smallest absolute Gasteiger partial charge is 0.253 e. The summed E-state index contributed by atoms with van der Waals surface area (Å²) < 4.78 is 38.3. The summed E-state index contributed by atoms with van der Waals surface area (Å²) in [5.74, 6) is -0.749. The number of piperidine rings is 1. The summed E-state index contributed by atoms with van der Waals surface area (Å²) in [6.45, 7) is 1.30. The van der Waals surface area contributed by atoms with Gasteiger partial charge in [0, 0.05) is 30.6 Å². The zero-order valence-electron chi connectivity index (χ0n) is 16.1. The number of likely N-dealkylation sites (tertiary alicyclic amines) is 1. The van der Waals surface area contributed by atoms with Crippen LogP contribution < -0.4 is 9.47 Å². The number of nitrogens with zero attached hydrogens (tertiary/aromatic N) is 1. The fraction of sp³-hybridized carbons (Fsp3) is 0.364. The van der Waals surface area contributed by atoms with Gasteiger partial charge in [0.15, 0.2) is 17.3 Å². The number of hydrogen-bond acceptors (Lipinski definition) is 4. The minimum absolute atomic E-state index is 0.0569. The Morgan fingerprint density at radius 1 is 1.20 bits per heavy atom. The van der Waals surface area contributed by atoms with Crippen molar-refractivity contribution in [2.45, 2.75) is 19.3 Å². The summed E-state index contributed by atoms with van der Waals surface area (Å²) in [5.41, 5.74) is 0.631. The SMILES string of the molecule is O=C1COc2c(F)cc(C(=O)N3CCC(COc4ccc(F)cc4Cl)CC3)cc2C1. The highest BCUT2D eigenvalue weighted by Gasteiger charge is 2.27. The number of benzene rings is 2. The van der Waals surface area contributed by atoms with Crippen molar-refractivity contribution in [2.24, 2.45) is 5.92 Å². The lowest BCUT2D eigenvalue weighted by molar-refractivity contribution is -0.121. The van der Waals surface area contributed by atoms with Crippen LogP contribution in [0.15, 0.2) is 30.3 Å². The Bertz CT molecular complexity index is 989. The molecule has 0 N–H and O–H groups in total. The van der Waals surface area contributed by atoms with Gasteiger partial charge in [0.2, 0.25) is 0 Å². The van der Waals surface area contributed by atoms with Gasteiger partial charge in [-0.15, -0.1) is 0 Å². The molecule has 0 radical (unpaired) electrons. The van der Waals surface area contributed by atoms with E-state index in [0.717, 1.165) is 12.8 Å². The van der Waals surface area contributed by atoms with Gasteiger partial charge in [-0.1, -0.05) is 11.6 Å². The maximum atomic E-state index is 14.3. The van der Waals surface area contributed by atoms with E-state index in [1.165, 1.54) is 24.3 Å². The summed E-state index contributed by atoms with van der Waals surface area (Å²) >= 11 is 5.97. The van der Waals surface area contributed by atoms with Crippen LogP contribution in [0.25, 0.3) is 0 Å². The highest BCUT2D eigenvalue weighted by Crippen LogP contribution is 2.30. The van der Waals surface area contributed by atoms with Gasteiger partial charge in [-0.2, -0.15) is 0 Å². The summed E-state index contributed by atoms with van der Waals surface area (Å²) in [4.78, 5) is 26.1. The number of carbonyl (C=O) groups excluding carboxylic acids is 2. The van der Waals surface area contributed by atoms with Gasteiger partial charge in [-0.25, -0.2) is 8.78 Å². The molecule has 2 aliphatic heterocycles. The first-order valence-corrected chi connectivity index (χ1v) is 10.1. The van der Waals surface area contributed by atoms with E-state index in [1.807, 2.05) is 0 Å². The van der Waals surface area contributed by atoms with Crippen LogP contribution >= 0.6 is 11.6 Å². The van der Waals surface area contributed by atoms with E-state index in [2.05, 4.69) is 0 Å². The lowest BCUT2D eigenvalue weighted by atomic mass is 9.96.